The molecule has 2 aromatic carbocycles. The molecule has 0 amide bonds. The number of carbonyl (C=O) groups excluding carboxylic acids is 1. The quantitative estimate of drug-likeness (QED) is 0.0950. The summed E-state index contributed by atoms with van der Waals surface area (Å²) >= 11 is 0. The van der Waals surface area contributed by atoms with Gasteiger partial charge in [-0.25, -0.2) is 8.78 Å². The van der Waals surface area contributed by atoms with E-state index in [1.165, 1.54) is 39.3 Å². The predicted octanol–water partition coefficient (Wildman–Crippen LogP) is 8.85. The topological polar surface area (TPSA) is 216 Å². The molecule has 0 fully saturated rings. The molecule has 0 saturated heterocycles. The molecule has 4 aromatic rings. The van der Waals surface area contributed by atoms with Crippen LogP contribution in [0.4, 0.5) is 8.78 Å². The lowest BCUT2D eigenvalue weighted by Gasteiger charge is -2.03. The van der Waals surface area contributed by atoms with Crippen molar-refractivity contribution in [3.63, 3.8) is 0 Å². The summed E-state index contributed by atoms with van der Waals surface area (Å²) in [5.74, 6) is -4.50. The zero-order chi connectivity index (χ0) is 35.3. The summed E-state index contributed by atoms with van der Waals surface area (Å²) < 4.78 is 37.3. The molecule has 0 aliphatic carbocycles. The number of ether oxygens (including phenoxy) is 2. The summed E-state index contributed by atoms with van der Waals surface area (Å²) in [5, 5.41) is 34.1. The Morgan fingerprint density at radius 3 is 1.50 bits per heavy atom. The number of aromatic amines is 2. The van der Waals surface area contributed by atoms with Crippen molar-refractivity contribution in [2.24, 2.45) is 0 Å². The number of hydrogen-bond donors (Lipinski definition) is 6. The zero-order valence-electron chi connectivity index (χ0n) is 26.0. The Morgan fingerprint density at radius 1 is 0.654 bits per heavy atom. The number of benzene rings is 2. The summed E-state index contributed by atoms with van der Waals surface area (Å²) in [4.78, 5) is 56.3. The number of H-pyrrole nitrogens is 2. The highest BCUT2D eigenvalue weighted by molar-refractivity contribution is 5.90. The normalized spacial score (nSPS) is 8.85. The second-order valence-electron chi connectivity index (χ2n) is 9.75. The van der Waals surface area contributed by atoms with E-state index in [4.69, 9.17) is 34.7 Å². The first kappa shape index (κ1) is 58.7. The number of methoxy groups -OCH3 is 2. The van der Waals surface area contributed by atoms with Gasteiger partial charge in [0.05, 0.1) is 33.5 Å². The molecule has 0 atom stereocenters. The minimum absolute atomic E-state index is 0. The monoisotopic (exact) mass is 746 g/mol. The number of hydrogen-bond acceptors (Lipinski definition) is 7. The number of carboxylic acid groups (broad SMARTS) is 4. The minimum Gasteiger partial charge on any atom is -0.494 e. The molecule has 0 aliphatic heterocycles. The number of Topliss-reactive ketones (excluding diaryl/α,β-unsaturated/α-hetero) is 1. The first-order valence-electron chi connectivity index (χ1n) is 13.5. The van der Waals surface area contributed by atoms with Gasteiger partial charge in [-0.05, 0) is 50.1 Å². The molecule has 2 heterocycles. The van der Waals surface area contributed by atoms with Crippen LogP contribution in [0.2, 0.25) is 0 Å². The van der Waals surface area contributed by atoms with E-state index in [1.807, 2.05) is 0 Å². The van der Waals surface area contributed by atoms with Gasteiger partial charge in [0, 0.05) is 52.6 Å². The van der Waals surface area contributed by atoms with Gasteiger partial charge in [-0.2, -0.15) is 0 Å². The lowest BCUT2D eigenvalue weighted by molar-refractivity contribution is -0.138. The largest absolute Gasteiger partial charge is 0.494 e. The van der Waals surface area contributed by atoms with Crippen molar-refractivity contribution in [3.8, 4) is 11.5 Å². The third kappa shape index (κ3) is 18.0. The lowest BCUT2D eigenvalue weighted by Crippen LogP contribution is -2.01. The van der Waals surface area contributed by atoms with E-state index in [2.05, 4.69) is 9.97 Å². The number of aryl methyl sites for hydroxylation is 2. The molecule has 52 heavy (non-hydrogen) atoms. The number of rotatable bonds is 9. The molecule has 0 aliphatic rings. The molecule has 13 nitrogen and oxygen atoms in total. The van der Waals surface area contributed by atoms with Gasteiger partial charge in [0.15, 0.2) is 23.1 Å². The molecule has 0 saturated carbocycles. The summed E-state index contributed by atoms with van der Waals surface area (Å²) in [6.45, 7) is 5.95. The van der Waals surface area contributed by atoms with Crippen molar-refractivity contribution in [2.45, 2.75) is 97.9 Å². The van der Waals surface area contributed by atoms with Crippen LogP contribution in [0.3, 0.4) is 0 Å². The van der Waals surface area contributed by atoms with Gasteiger partial charge in [0.25, 0.3) is 5.97 Å². The first-order valence-corrected chi connectivity index (χ1v) is 13.5. The number of fused-ring (bicyclic) bond motifs is 2. The van der Waals surface area contributed by atoms with Crippen molar-refractivity contribution in [1.29, 1.82) is 0 Å². The molecule has 6 N–H and O–H groups in total. The van der Waals surface area contributed by atoms with Crippen LogP contribution in [0.5, 0.6) is 11.5 Å². The van der Waals surface area contributed by atoms with Crippen LogP contribution in [0, 0.1) is 25.5 Å². The summed E-state index contributed by atoms with van der Waals surface area (Å²) in [7, 11) is 2.75. The van der Waals surface area contributed by atoms with Gasteiger partial charge < -0.3 is 44.7 Å². The SMILES string of the molecule is C.C.C.C.C.C.CC(=O)CCC(=O)O.CC(=O)O.COc1cc2c(CC(=O)O)c(C)[nH]c2cc1F.COc1ccc2[nH]c(C)c(CC(=O)O)c2c1F. The highest BCUT2D eigenvalue weighted by atomic mass is 19.1. The van der Waals surface area contributed by atoms with Crippen molar-refractivity contribution in [3.05, 3.63) is 58.4 Å². The molecule has 0 unspecified atom stereocenters. The summed E-state index contributed by atoms with van der Waals surface area (Å²) in [6, 6.07) is 6.02. The van der Waals surface area contributed by atoms with Gasteiger partial charge in [0.1, 0.15) is 5.78 Å². The molecule has 0 radical (unpaired) electrons. The second kappa shape index (κ2) is 27.3. The fraction of sp³-hybridized carbons (Fsp3) is 0.432. The van der Waals surface area contributed by atoms with Crippen LogP contribution in [-0.2, 0) is 36.8 Å². The van der Waals surface area contributed by atoms with E-state index in [9.17, 15) is 28.0 Å². The van der Waals surface area contributed by atoms with E-state index in [1.54, 1.807) is 19.9 Å². The number of halogens is 2. The number of carboxylic acids is 4. The fourth-order valence-corrected chi connectivity index (χ4v) is 4.16. The molecular weight excluding hydrogens is 686 g/mol. The van der Waals surface area contributed by atoms with Crippen LogP contribution < -0.4 is 9.47 Å². The average molecular weight is 747 g/mol. The maximum atomic E-state index is 14.1. The minimum atomic E-state index is -0.990. The Labute approximate surface area is 306 Å². The number of carbonyl (C=O) groups is 5. The average Bonchev–Trinajstić information content (AvgIpc) is 3.41. The third-order valence-electron chi connectivity index (χ3n) is 6.14. The van der Waals surface area contributed by atoms with Crippen molar-refractivity contribution in [1.82, 2.24) is 9.97 Å². The number of aliphatic carboxylic acids is 4. The Hall–Kier alpha value is -5.47. The zero-order valence-corrected chi connectivity index (χ0v) is 26.0. The van der Waals surface area contributed by atoms with Crippen LogP contribution in [0.1, 0.15) is 93.8 Å². The van der Waals surface area contributed by atoms with Crippen molar-refractivity contribution < 1.29 is 62.7 Å². The molecule has 15 heteroatoms. The smallest absolute Gasteiger partial charge is 0.307 e. The Balaban J connectivity index is -0.000000144. The molecular formula is C37H60F2N2O11. The van der Waals surface area contributed by atoms with Gasteiger partial charge in [-0.3, -0.25) is 19.2 Å². The van der Waals surface area contributed by atoms with Gasteiger partial charge >= 0.3 is 17.9 Å². The second-order valence-corrected chi connectivity index (χ2v) is 9.75. The Bertz CT molecular complexity index is 1710. The molecule has 0 bridgehead atoms. The van der Waals surface area contributed by atoms with E-state index in [0.717, 1.165) is 12.6 Å². The van der Waals surface area contributed by atoms with Crippen LogP contribution in [-0.4, -0.2) is 74.3 Å². The fourth-order valence-electron chi connectivity index (χ4n) is 4.16. The summed E-state index contributed by atoms with van der Waals surface area (Å²) in [5.41, 5.74) is 3.67. The maximum Gasteiger partial charge on any atom is 0.307 e. The van der Waals surface area contributed by atoms with Crippen molar-refractivity contribution >= 4 is 51.5 Å². The van der Waals surface area contributed by atoms with E-state index >= 15 is 0 Å². The number of ketones is 1. The van der Waals surface area contributed by atoms with Gasteiger partial charge in [0.2, 0.25) is 0 Å². The maximum absolute atomic E-state index is 14.1. The van der Waals surface area contributed by atoms with Gasteiger partial charge in [-0.1, -0.05) is 44.6 Å². The standard InChI is InChI=1S/2C12H12FNO3.C5H8O3.C2H4O2.6CH4/c1-6-7(4-12(15)16)8-3-11(17-2)9(13)5-10(8)14-6;1-6-7(5-10(15)16)11-8(14-6)3-4-9(17-2)12(11)13;1-4(6)2-3-5(7)8;1-2(3)4;;;;;;/h3,5,14H,4H2,1-2H3,(H,15,16);3-4,14H,5H2,1-2H3,(H,15,16);2-3H2,1H3,(H,7,8);1H3,(H,3,4);6*1H4. The van der Waals surface area contributed by atoms with Crippen LogP contribution in [0.15, 0.2) is 24.3 Å². The highest BCUT2D eigenvalue weighted by Crippen LogP contribution is 2.31. The summed E-state index contributed by atoms with van der Waals surface area (Å²) in [6.07, 6.45) is -0.207. The molecule has 0 spiro atoms. The number of nitrogens with one attached hydrogen (secondary N) is 2. The van der Waals surface area contributed by atoms with Crippen LogP contribution >= 0.6 is 0 Å². The molecule has 298 valence electrons. The van der Waals surface area contributed by atoms with Crippen molar-refractivity contribution in [2.75, 3.05) is 14.2 Å². The Morgan fingerprint density at radius 2 is 1.10 bits per heavy atom. The third-order valence-corrected chi connectivity index (χ3v) is 6.14. The first-order chi connectivity index (χ1) is 21.4. The van der Waals surface area contributed by atoms with Crippen LogP contribution in [0.25, 0.3) is 21.8 Å². The highest BCUT2D eigenvalue weighted by Gasteiger charge is 2.18. The van der Waals surface area contributed by atoms with E-state index in [-0.39, 0.29) is 87.5 Å². The molecule has 4 rings (SSSR count). The number of aromatic nitrogens is 2. The van der Waals surface area contributed by atoms with E-state index < -0.39 is 35.5 Å². The van der Waals surface area contributed by atoms with E-state index in [0.29, 0.717) is 38.6 Å². The van der Waals surface area contributed by atoms with Gasteiger partial charge in [-0.15, -0.1) is 0 Å². The lowest BCUT2D eigenvalue weighted by atomic mass is 10.1. The predicted molar refractivity (Wildman–Crippen MR) is 203 cm³/mol. The Kier molecular flexibility index (Phi) is 30.8. The molecule has 2 aromatic heterocycles.